The average molecular weight is 277 g/mol. The number of carboxylic acids is 1. The van der Waals surface area contributed by atoms with Gasteiger partial charge in [0.15, 0.2) is 0 Å². The van der Waals surface area contributed by atoms with Crippen molar-refractivity contribution in [2.24, 2.45) is 0 Å². The minimum atomic E-state index is -1.32. The smallest absolute Gasteiger partial charge is 0.338 e. The third kappa shape index (κ3) is 3.12. The van der Waals surface area contributed by atoms with Crippen molar-refractivity contribution in [3.05, 3.63) is 64.7 Å². The number of hydrogen-bond acceptors (Lipinski definition) is 2. The summed E-state index contributed by atoms with van der Waals surface area (Å²) in [7, 11) is 0. The lowest BCUT2D eigenvalue weighted by atomic mass is 10.1. The molecule has 0 amide bonds. The number of halogens is 2. The van der Waals surface area contributed by atoms with E-state index < -0.39 is 11.8 Å². The maximum Gasteiger partial charge on any atom is 0.338 e. The van der Waals surface area contributed by atoms with Crippen LogP contribution in [-0.4, -0.2) is 11.1 Å². The van der Waals surface area contributed by atoms with E-state index in [9.17, 15) is 13.6 Å². The number of anilines is 1. The Balaban J connectivity index is 2.12. The SMILES string of the molecule is Cc1cc(CNc2ccc(F)c(C(=O)O)c2)ccc1F. The number of aryl methyl sites for hydroxylation is 1. The van der Waals surface area contributed by atoms with Gasteiger partial charge in [-0.1, -0.05) is 12.1 Å². The molecule has 0 spiro atoms. The molecule has 0 saturated carbocycles. The summed E-state index contributed by atoms with van der Waals surface area (Å²) >= 11 is 0. The van der Waals surface area contributed by atoms with Gasteiger partial charge in [0.2, 0.25) is 0 Å². The number of rotatable bonds is 4. The van der Waals surface area contributed by atoms with Crippen molar-refractivity contribution >= 4 is 11.7 Å². The second-order valence-electron chi connectivity index (χ2n) is 4.44. The van der Waals surface area contributed by atoms with E-state index in [4.69, 9.17) is 5.11 Å². The van der Waals surface area contributed by atoms with E-state index >= 15 is 0 Å². The van der Waals surface area contributed by atoms with Crippen LogP contribution in [0.25, 0.3) is 0 Å². The van der Waals surface area contributed by atoms with E-state index in [1.54, 1.807) is 19.1 Å². The summed E-state index contributed by atoms with van der Waals surface area (Å²) in [5.74, 6) is -2.37. The lowest BCUT2D eigenvalue weighted by molar-refractivity contribution is 0.0692. The van der Waals surface area contributed by atoms with Gasteiger partial charge in [0.25, 0.3) is 0 Å². The Morgan fingerprint density at radius 1 is 1.15 bits per heavy atom. The van der Waals surface area contributed by atoms with Gasteiger partial charge in [-0.2, -0.15) is 0 Å². The summed E-state index contributed by atoms with van der Waals surface area (Å²) in [6.07, 6.45) is 0. The monoisotopic (exact) mass is 277 g/mol. The zero-order valence-electron chi connectivity index (χ0n) is 10.8. The molecule has 0 fully saturated rings. The molecule has 3 nitrogen and oxygen atoms in total. The van der Waals surface area contributed by atoms with Gasteiger partial charge in [-0.25, -0.2) is 13.6 Å². The Hall–Kier alpha value is -2.43. The highest BCUT2D eigenvalue weighted by Crippen LogP contribution is 2.16. The predicted octanol–water partition coefficient (Wildman–Crippen LogP) is 3.58. The van der Waals surface area contributed by atoms with Crippen molar-refractivity contribution in [1.29, 1.82) is 0 Å². The van der Waals surface area contributed by atoms with Gasteiger partial charge in [0.1, 0.15) is 11.6 Å². The Bertz CT molecular complexity index is 656. The molecule has 2 aromatic rings. The second kappa shape index (κ2) is 5.69. The molecule has 0 atom stereocenters. The van der Waals surface area contributed by atoms with Crippen LogP contribution in [0.4, 0.5) is 14.5 Å². The Morgan fingerprint density at radius 2 is 1.85 bits per heavy atom. The van der Waals surface area contributed by atoms with Crippen molar-refractivity contribution in [2.75, 3.05) is 5.32 Å². The first-order valence-electron chi connectivity index (χ1n) is 5.99. The van der Waals surface area contributed by atoms with Crippen LogP contribution in [0.15, 0.2) is 36.4 Å². The zero-order chi connectivity index (χ0) is 14.7. The highest BCUT2D eigenvalue weighted by Gasteiger charge is 2.10. The number of hydrogen-bond donors (Lipinski definition) is 2. The van der Waals surface area contributed by atoms with Crippen molar-refractivity contribution < 1.29 is 18.7 Å². The number of carbonyl (C=O) groups is 1. The van der Waals surface area contributed by atoms with Crippen molar-refractivity contribution in [3.8, 4) is 0 Å². The minimum absolute atomic E-state index is 0.274. The first kappa shape index (κ1) is 14.0. The van der Waals surface area contributed by atoms with Crippen molar-refractivity contribution in [2.45, 2.75) is 13.5 Å². The molecule has 0 aliphatic rings. The Labute approximate surface area is 114 Å². The van der Waals surface area contributed by atoms with Crippen LogP contribution >= 0.6 is 0 Å². The van der Waals surface area contributed by atoms with Crippen molar-refractivity contribution in [3.63, 3.8) is 0 Å². The third-order valence-corrected chi connectivity index (χ3v) is 2.92. The zero-order valence-corrected chi connectivity index (χ0v) is 10.8. The first-order chi connectivity index (χ1) is 9.47. The van der Waals surface area contributed by atoms with Crippen LogP contribution in [-0.2, 0) is 6.54 Å². The van der Waals surface area contributed by atoms with Crippen LogP contribution in [0, 0.1) is 18.6 Å². The molecule has 5 heteroatoms. The fourth-order valence-electron chi connectivity index (χ4n) is 1.82. The molecule has 0 unspecified atom stereocenters. The van der Waals surface area contributed by atoms with Gasteiger partial charge in [-0.05, 0) is 42.3 Å². The molecular formula is C15H13F2NO2. The molecule has 2 N–H and O–H groups in total. The molecular weight excluding hydrogens is 264 g/mol. The molecule has 2 aromatic carbocycles. The molecule has 0 heterocycles. The number of nitrogens with one attached hydrogen (secondary N) is 1. The van der Waals surface area contributed by atoms with E-state index in [-0.39, 0.29) is 11.4 Å². The van der Waals surface area contributed by atoms with Crippen molar-refractivity contribution in [1.82, 2.24) is 0 Å². The quantitative estimate of drug-likeness (QED) is 0.898. The highest BCUT2D eigenvalue weighted by atomic mass is 19.1. The summed E-state index contributed by atoms with van der Waals surface area (Å²) in [6.45, 7) is 2.06. The second-order valence-corrected chi connectivity index (χ2v) is 4.44. The van der Waals surface area contributed by atoms with E-state index in [1.807, 2.05) is 0 Å². The molecule has 0 radical (unpaired) electrons. The molecule has 0 aliphatic heterocycles. The van der Waals surface area contributed by atoms with E-state index in [0.717, 1.165) is 11.6 Å². The maximum atomic E-state index is 13.2. The maximum absolute atomic E-state index is 13.2. The fourth-order valence-corrected chi connectivity index (χ4v) is 1.82. The summed E-state index contributed by atoms with van der Waals surface area (Å²) < 4.78 is 26.4. The van der Waals surface area contributed by atoms with Crippen LogP contribution < -0.4 is 5.32 Å². The molecule has 0 saturated heterocycles. The van der Waals surface area contributed by atoms with Crippen LogP contribution in [0.2, 0.25) is 0 Å². The largest absolute Gasteiger partial charge is 0.478 e. The summed E-state index contributed by atoms with van der Waals surface area (Å²) in [5.41, 5.74) is 1.50. The normalized spacial score (nSPS) is 10.3. The molecule has 104 valence electrons. The van der Waals surface area contributed by atoms with Crippen LogP contribution in [0.5, 0.6) is 0 Å². The lowest BCUT2D eigenvalue weighted by Crippen LogP contribution is -2.04. The summed E-state index contributed by atoms with van der Waals surface area (Å²) in [4.78, 5) is 10.8. The number of benzene rings is 2. The summed E-state index contributed by atoms with van der Waals surface area (Å²) in [5, 5.41) is 11.8. The van der Waals surface area contributed by atoms with Gasteiger partial charge in [0.05, 0.1) is 5.56 Å². The molecule has 0 aromatic heterocycles. The molecule has 0 bridgehead atoms. The highest BCUT2D eigenvalue weighted by molar-refractivity contribution is 5.89. The molecule has 0 aliphatic carbocycles. The number of aromatic carboxylic acids is 1. The first-order valence-corrected chi connectivity index (χ1v) is 5.99. The van der Waals surface area contributed by atoms with Gasteiger partial charge >= 0.3 is 5.97 Å². The Morgan fingerprint density at radius 3 is 2.50 bits per heavy atom. The predicted molar refractivity (Wildman–Crippen MR) is 71.8 cm³/mol. The molecule has 20 heavy (non-hydrogen) atoms. The summed E-state index contributed by atoms with van der Waals surface area (Å²) in [6, 6.07) is 8.49. The van der Waals surface area contributed by atoms with E-state index in [1.165, 1.54) is 18.2 Å². The molecule has 2 rings (SSSR count). The van der Waals surface area contributed by atoms with E-state index in [2.05, 4.69) is 5.32 Å². The standard InChI is InChI=1S/C15H13F2NO2/c1-9-6-10(2-4-13(9)16)8-18-11-3-5-14(17)12(7-11)15(19)20/h2-7,18H,8H2,1H3,(H,19,20). The lowest BCUT2D eigenvalue weighted by Gasteiger charge is -2.09. The van der Waals surface area contributed by atoms with Crippen LogP contribution in [0.3, 0.4) is 0 Å². The topological polar surface area (TPSA) is 49.3 Å². The van der Waals surface area contributed by atoms with Crippen LogP contribution in [0.1, 0.15) is 21.5 Å². The van der Waals surface area contributed by atoms with Gasteiger partial charge in [-0.3, -0.25) is 0 Å². The minimum Gasteiger partial charge on any atom is -0.478 e. The van der Waals surface area contributed by atoms with Gasteiger partial charge in [0, 0.05) is 12.2 Å². The fraction of sp³-hybridized carbons (Fsp3) is 0.133. The average Bonchev–Trinajstić information content (AvgIpc) is 2.41. The van der Waals surface area contributed by atoms with E-state index in [0.29, 0.717) is 17.8 Å². The number of carboxylic acid groups (broad SMARTS) is 1. The van der Waals surface area contributed by atoms with Gasteiger partial charge in [-0.15, -0.1) is 0 Å². The Kier molecular flexibility index (Phi) is 3.98. The third-order valence-electron chi connectivity index (χ3n) is 2.92. The van der Waals surface area contributed by atoms with Gasteiger partial charge < -0.3 is 10.4 Å².